The normalized spacial score (nSPS) is 11.8. The van der Waals surface area contributed by atoms with Gasteiger partial charge in [0.25, 0.3) is 0 Å². The minimum Gasteiger partial charge on any atom is -0.744 e. The number of unbranched alkanes of at least 4 members (excludes halogenated alkanes) is 78. The molecule has 0 aliphatic carbocycles. The Morgan fingerprint density at radius 3 is 0.400 bits per heavy atom. The van der Waals surface area contributed by atoms with E-state index < -0.39 is 20.2 Å². The van der Waals surface area contributed by atoms with Crippen LogP contribution in [-0.2, 0) is 33.1 Å². The minimum atomic E-state index is -4.37. The molecule has 0 aromatic heterocycles. The fourth-order valence-electron chi connectivity index (χ4n) is 16.1. The SMILES string of the molecule is CCCCCCCCCCCCCCCCCCCCCCCCCCCCCCCCCCCCCCCCCCc1ccccc1S(=O)(=O)[O-].CCCCCCCCCCCCCCCCCCCCCCCCCCCCCCCCCCCCCCCCCCc1ccccc1S(=O)(=O)[O-].[Ba+2]. The van der Waals surface area contributed by atoms with E-state index in [1.165, 1.54) is 500 Å². The molecule has 0 atom stereocenters. The van der Waals surface area contributed by atoms with Crippen molar-refractivity contribution in [1.29, 1.82) is 0 Å². The summed E-state index contributed by atoms with van der Waals surface area (Å²) in [5.74, 6) is 0. The molecule has 0 aliphatic heterocycles. The maximum atomic E-state index is 11.4. The molecule has 0 fully saturated rings. The molecule has 2 aromatic carbocycles. The Morgan fingerprint density at radius 2 is 0.286 bits per heavy atom. The van der Waals surface area contributed by atoms with Crippen LogP contribution >= 0.6 is 0 Å². The number of hydrogen-bond acceptors (Lipinski definition) is 6. The largest absolute Gasteiger partial charge is 2.00 e. The fourth-order valence-corrected chi connectivity index (χ4v) is 17.6. The van der Waals surface area contributed by atoms with Gasteiger partial charge in [-0.2, -0.15) is 0 Å². The Balaban J connectivity index is 0.00000204. The van der Waals surface area contributed by atoms with Crippen LogP contribution in [0.4, 0.5) is 0 Å². The molecule has 2 rings (SSSR count). The Morgan fingerprint density at radius 1 is 0.181 bits per heavy atom. The molecule has 2 aromatic rings. The first-order chi connectivity index (χ1) is 51.1. The van der Waals surface area contributed by atoms with Gasteiger partial charge in [0.2, 0.25) is 0 Å². The van der Waals surface area contributed by atoms with Crippen LogP contribution in [0.1, 0.15) is 539 Å². The Bertz CT molecular complexity index is 2080. The van der Waals surface area contributed by atoms with Crippen molar-refractivity contribution in [1.82, 2.24) is 0 Å². The average Bonchev–Trinajstić information content (AvgIpc) is 0.849. The molecule has 0 bridgehead atoms. The number of rotatable bonds is 84. The summed E-state index contributed by atoms with van der Waals surface area (Å²) in [6, 6.07) is 13.3. The minimum absolute atomic E-state index is 0. The quantitative estimate of drug-likeness (QED) is 0.0370. The molecule has 9 heteroatoms. The van der Waals surface area contributed by atoms with Crippen molar-refractivity contribution in [2.45, 2.75) is 550 Å². The second-order valence-corrected chi connectivity index (χ2v) is 35.9. The molecule has 0 saturated carbocycles. The van der Waals surface area contributed by atoms with Crippen LogP contribution in [0.5, 0.6) is 0 Å². The van der Waals surface area contributed by atoms with E-state index in [4.69, 9.17) is 0 Å². The summed E-state index contributed by atoms with van der Waals surface area (Å²) in [4.78, 5) is -0.0801. The molecule has 0 aliphatic rings. The fraction of sp³-hybridized carbons (Fsp3) is 0.875. The van der Waals surface area contributed by atoms with Gasteiger partial charge in [0.15, 0.2) is 0 Å². The Labute approximate surface area is 698 Å². The Hall–Kier alpha value is -0.169. The zero-order chi connectivity index (χ0) is 74.9. The second kappa shape index (κ2) is 84.7. The third-order valence-electron chi connectivity index (χ3n) is 23.1. The van der Waals surface area contributed by atoms with Gasteiger partial charge in [-0.25, -0.2) is 16.8 Å². The molecule has 0 N–H and O–H groups in total. The van der Waals surface area contributed by atoms with Crippen LogP contribution in [-0.4, -0.2) is 74.8 Å². The molecular formula is C96H178BaO6S2. The maximum absolute atomic E-state index is 11.4. The molecule has 0 spiro atoms. The first-order valence-corrected chi connectivity index (χ1v) is 50.0. The van der Waals surface area contributed by atoms with Gasteiger partial charge >= 0.3 is 48.9 Å². The van der Waals surface area contributed by atoms with Crippen molar-refractivity contribution in [2.75, 3.05) is 0 Å². The molecular weight excluding hydrogens is 1450 g/mol. The third-order valence-corrected chi connectivity index (χ3v) is 25.0. The van der Waals surface area contributed by atoms with Gasteiger partial charge in [0.05, 0.1) is 9.79 Å². The summed E-state index contributed by atoms with van der Waals surface area (Å²) < 4.78 is 68.4. The summed E-state index contributed by atoms with van der Waals surface area (Å²) in [7, 11) is -8.74. The van der Waals surface area contributed by atoms with E-state index in [9.17, 15) is 25.9 Å². The van der Waals surface area contributed by atoms with Crippen LogP contribution < -0.4 is 0 Å². The monoisotopic (exact) mass is 1630 g/mol. The summed E-state index contributed by atoms with van der Waals surface area (Å²) >= 11 is 0. The van der Waals surface area contributed by atoms with E-state index in [1.807, 2.05) is 12.1 Å². The molecule has 0 saturated heterocycles. The van der Waals surface area contributed by atoms with E-state index in [0.29, 0.717) is 24.0 Å². The predicted octanol–water partition coefficient (Wildman–Crippen LogP) is 33.1. The van der Waals surface area contributed by atoms with E-state index in [1.54, 1.807) is 24.3 Å². The molecule has 0 unspecified atom stereocenters. The molecule has 612 valence electrons. The zero-order valence-corrected chi connectivity index (χ0v) is 76.6. The van der Waals surface area contributed by atoms with Crippen LogP contribution in [0.15, 0.2) is 58.3 Å². The standard InChI is InChI=1S/2C48H90O3S.Ba/c2*1-2-3-4-5-6-7-8-9-10-11-12-13-14-15-16-17-18-19-20-21-22-23-24-25-26-27-28-29-30-31-32-33-34-35-36-37-38-39-40-41-44-47-45-42-43-46-48(47)52(49,50)51;/h2*42-43,45-46H,2-41,44H2,1H3,(H,49,50,51);/q;;+2/p-2. The third kappa shape index (κ3) is 77.5. The molecule has 0 heterocycles. The first-order valence-electron chi connectivity index (χ1n) is 47.2. The predicted molar refractivity (Wildman–Crippen MR) is 463 cm³/mol. The van der Waals surface area contributed by atoms with Crippen LogP contribution in [0.25, 0.3) is 0 Å². The topological polar surface area (TPSA) is 114 Å². The average molecular weight is 1630 g/mol. The van der Waals surface area contributed by atoms with E-state index in [2.05, 4.69) is 13.8 Å². The van der Waals surface area contributed by atoms with Gasteiger partial charge in [-0.1, -0.05) is 551 Å². The number of hydrogen-bond donors (Lipinski definition) is 0. The summed E-state index contributed by atoms with van der Waals surface area (Å²) in [5.41, 5.74) is 1.35. The van der Waals surface area contributed by atoms with Crippen molar-refractivity contribution in [2.24, 2.45) is 0 Å². The molecule has 6 nitrogen and oxygen atoms in total. The van der Waals surface area contributed by atoms with Crippen LogP contribution in [0.2, 0.25) is 0 Å². The van der Waals surface area contributed by atoms with Gasteiger partial charge in [0, 0.05) is 0 Å². The number of aryl methyl sites for hydroxylation is 2. The van der Waals surface area contributed by atoms with Crippen LogP contribution in [0, 0.1) is 0 Å². The summed E-state index contributed by atoms with van der Waals surface area (Å²) in [6.07, 6.45) is 115. The smallest absolute Gasteiger partial charge is 0.744 e. The Kier molecular flexibility index (Phi) is 84.6. The summed E-state index contributed by atoms with van der Waals surface area (Å²) in [6.45, 7) is 4.61. The van der Waals surface area contributed by atoms with Crippen molar-refractivity contribution < 1.29 is 25.9 Å². The van der Waals surface area contributed by atoms with Gasteiger partial charge in [-0.15, -0.1) is 0 Å². The van der Waals surface area contributed by atoms with E-state index >= 15 is 0 Å². The number of benzene rings is 2. The molecule has 0 amide bonds. The van der Waals surface area contributed by atoms with Crippen molar-refractivity contribution >= 4 is 69.1 Å². The van der Waals surface area contributed by atoms with Gasteiger partial charge < -0.3 is 9.11 Å². The van der Waals surface area contributed by atoms with E-state index in [-0.39, 0.29) is 58.7 Å². The van der Waals surface area contributed by atoms with E-state index in [0.717, 1.165) is 25.7 Å². The molecule has 0 radical (unpaired) electrons. The molecule has 105 heavy (non-hydrogen) atoms. The first kappa shape index (κ1) is 105. The van der Waals surface area contributed by atoms with Gasteiger partial charge in [0.1, 0.15) is 20.2 Å². The van der Waals surface area contributed by atoms with Gasteiger partial charge in [-0.05, 0) is 48.9 Å². The van der Waals surface area contributed by atoms with Crippen LogP contribution in [0.3, 0.4) is 0 Å². The second-order valence-electron chi connectivity index (χ2n) is 33.2. The van der Waals surface area contributed by atoms with Gasteiger partial charge in [-0.3, -0.25) is 0 Å². The summed E-state index contributed by atoms with van der Waals surface area (Å²) in [5, 5.41) is 0. The van der Waals surface area contributed by atoms with Crippen molar-refractivity contribution in [3.05, 3.63) is 59.7 Å². The van der Waals surface area contributed by atoms with Crippen molar-refractivity contribution in [3.63, 3.8) is 0 Å². The zero-order valence-electron chi connectivity index (χ0n) is 70.6. The van der Waals surface area contributed by atoms with Crippen molar-refractivity contribution in [3.8, 4) is 0 Å². The maximum Gasteiger partial charge on any atom is 2.00 e.